The number of piperidine rings is 1. The summed E-state index contributed by atoms with van der Waals surface area (Å²) in [6.07, 6.45) is 3.13. The second-order valence-corrected chi connectivity index (χ2v) is 6.78. The molecular weight excluding hydrogens is 332 g/mol. The molecule has 0 saturated carbocycles. The first-order chi connectivity index (χ1) is 12.5. The van der Waals surface area contributed by atoms with Crippen LogP contribution in [0.5, 0.6) is 0 Å². The summed E-state index contributed by atoms with van der Waals surface area (Å²) in [5.74, 6) is -1.26. The van der Waals surface area contributed by atoms with Crippen molar-refractivity contribution in [3.63, 3.8) is 0 Å². The maximum atomic E-state index is 12.7. The minimum Gasteiger partial charge on any atom is -0.481 e. The first-order valence-corrected chi connectivity index (χ1v) is 9.32. The lowest BCUT2D eigenvalue weighted by Gasteiger charge is -2.36. The van der Waals surface area contributed by atoms with Crippen LogP contribution in [0.1, 0.15) is 51.5 Å². The van der Waals surface area contributed by atoms with Crippen LogP contribution in [0.2, 0.25) is 0 Å². The minimum atomic E-state index is -1.18. The Kier molecular flexibility index (Phi) is 6.77. The summed E-state index contributed by atoms with van der Waals surface area (Å²) < 4.78 is 0. The Hall–Kier alpha value is -2.37. The zero-order chi connectivity index (χ0) is 19.2. The molecule has 1 fully saturated rings. The van der Waals surface area contributed by atoms with E-state index in [0.29, 0.717) is 31.4 Å². The van der Waals surface area contributed by atoms with Gasteiger partial charge in [-0.25, -0.2) is 0 Å². The third kappa shape index (κ3) is 4.06. The van der Waals surface area contributed by atoms with E-state index in [4.69, 9.17) is 0 Å². The third-order valence-electron chi connectivity index (χ3n) is 5.33. The van der Waals surface area contributed by atoms with Crippen molar-refractivity contribution in [3.05, 3.63) is 35.9 Å². The Morgan fingerprint density at radius 1 is 1.19 bits per heavy atom. The van der Waals surface area contributed by atoms with E-state index in [0.717, 1.165) is 12.8 Å². The second-order valence-electron chi connectivity index (χ2n) is 6.78. The molecule has 6 heteroatoms. The van der Waals surface area contributed by atoms with Gasteiger partial charge in [0, 0.05) is 19.5 Å². The molecule has 6 nitrogen and oxygen atoms in total. The number of nitrogens with one attached hydrogen (secondary N) is 1. The molecule has 1 aliphatic heterocycles. The number of nitrogens with zero attached hydrogens (tertiary/aromatic N) is 1. The van der Waals surface area contributed by atoms with Gasteiger partial charge in [0.05, 0.1) is 0 Å². The quantitative estimate of drug-likeness (QED) is 0.781. The molecule has 142 valence electrons. The predicted molar refractivity (Wildman–Crippen MR) is 98.7 cm³/mol. The third-order valence-corrected chi connectivity index (χ3v) is 5.33. The topological polar surface area (TPSA) is 86.7 Å². The number of carboxylic acid groups (broad SMARTS) is 1. The minimum absolute atomic E-state index is 0.00629. The summed E-state index contributed by atoms with van der Waals surface area (Å²) >= 11 is 0. The van der Waals surface area contributed by atoms with Gasteiger partial charge in [-0.2, -0.15) is 0 Å². The van der Waals surface area contributed by atoms with Crippen LogP contribution >= 0.6 is 0 Å². The molecule has 0 aliphatic carbocycles. The van der Waals surface area contributed by atoms with E-state index in [1.165, 1.54) is 0 Å². The highest BCUT2D eigenvalue weighted by atomic mass is 16.4. The number of carbonyl (C=O) groups is 3. The number of aliphatic carboxylic acids is 1. The smallest absolute Gasteiger partial charge is 0.315 e. The number of hydrogen-bond donors (Lipinski definition) is 2. The molecule has 1 aromatic rings. The van der Waals surface area contributed by atoms with E-state index in [-0.39, 0.29) is 18.4 Å². The van der Waals surface area contributed by atoms with Gasteiger partial charge in [0.1, 0.15) is 11.5 Å². The summed E-state index contributed by atoms with van der Waals surface area (Å²) in [4.78, 5) is 38.5. The molecule has 2 N–H and O–H groups in total. The van der Waals surface area contributed by atoms with Crippen LogP contribution in [0.3, 0.4) is 0 Å². The van der Waals surface area contributed by atoms with Crippen LogP contribution < -0.4 is 5.32 Å². The summed E-state index contributed by atoms with van der Waals surface area (Å²) in [5, 5.41) is 12.7. The van der Waals surface area contributed by atoms with Gasteiger partial charge in [0.15, 0.2) is 0 Å². The molecule has 0 spiro atoms. The number of carbonyl (C=O) groups excluding carboxylic acids is 2. The first-order valence-electron chi connectivity index (χ1n) is 9.32. The summed E-state index contributed by atoms with van der Waals surface area (Å²) in [6.45, 7) is 4.18. The van der Waals surface area contributed by atoms with Gasteiger partial charge in [-0.15, -0.1) is 0 Å². The highest BCUT2D eigenvalue weighted by Gasteiger charge is 2.40. The molecule has 26 heavy (non-hydrogen) atoms. The predicted octanol–water partition coefficient (Wildman–Crippen LogP) is 2.33. The number of hydrogen-bond acceptors (Lipinski definition) is 3. The SMILES string of the molecule is CCC(=O)N1CCCCC1C(=O)NCC(CC)(C(=O)O)c1ccccc1. The van der Waals surface area contributed by atoms with Gasteiger partial charge in [-0.05, 0) is 31.2 Å². The summed E-state index contributed by atoms with van der Waals surface area (Å²) in [7, 11) is 0. The van der Waals surface area contributed by atoms with Gasteiger partial charge in [-0.1, -0.05) is 44.2 Å². The Morgan fingerprint density at radius 3 is 2.46 bits per heavy atom. The van der Waals surface area contributed by atoms with Crippen LogP contribution in [-0.4, -0.2) is 46.9 Å². The number of amides is 2. The molecule has 0 aromatic heterocycles. The lowest BCUT2D eigenvalue weighted by molar-refractivity contribution is -0.145. The van der Waals surface area contributed by atoms with Crippen molar-refractivity contribution in [2.45, 2.75) is 57.4 Å². The van der Waals surface area contributed by atoms with Gasteiger partial charge < -0.3 is 15.3 Å². The number of carboxylic acids is 1. The Labute approximate surface area is 154 Å². The number of benzene rings is 1. The fraction of sp³-hybridized carbons (Fsp3) is 0.550. The maximum absolute atomic E-state index is 12.7. The molecule has 2 atom stereocenters. The highest BCUT2D eigenvalue weighted by Crippen LogP contribution is 2.28. The lowest BCUT2D eigenvalue weighted by Crippen LogP contribution is -2.54. The van der Waals surface area contributed by atoms with E-state index in [1.54, 1.807) is 43.0 Å². The van der Waals surface area contributed by atoms with Crippen LogP contribution in [0, 0.1) is 0 Å². The summed E-state index contributed by atoms with van der Waals surface area (Å²) in [5.41, 5.74) is -0.508. The number of likely N-dealkylation sites (tertiary alicyclic amines) is 1. The van der Waals surface area contributed by atoms with Gasteiger partial charge >= 0.3 is 5.97 Å². The van der Waals surface area contributed by atoms with E-state index >= 15 is 0 Å². The average molecular weight is 360 g/mol. The zero-order valence-corrected chi connectivity index (χ0v) is 15.5. The van der Waals surface area contributed by atoms with Crippen molar-refractivity contribution in [2.24, 2.45) is 0 Å². The molecule has 1 aromatic carbocycles. The molecule has 1 saturated heterocycles. The zero-order valence-electron chi connectivity index (χ0n) is 15.5. The Balaban J connectivity index is 2.16. The van der Waals surface area contributed by atoms with Gasteiger partial charge in [-0.3, -0.25) is 14.4 Å². The van der Waals surface area contributed by atoms with Crippen molar-refractivity contribution in [2.75, 3.05) is 13.1 Å². The number of rotatable bonds is 7. The molecular formula is C20H28N2O4. The second kappa shape index (κ2) is 8.83. The van der Waals surface area contributed by atoms with E-state index in [2.05, 4.69) is 5.32 Å². The van der Waals surface area contributed by atoms with Crippen LogP contribution in [0.4, 0.5) is 0 Å². The average Bonchev–Trinajstić information content (AvgIpc) is 2.68. The van der Waals surface area contributed by atoms with Crippen molar-refractivity contribution in [1.82, 2.24) is 10.2 Å². The Morgan fingerprint density at radius 2 is 1.88 bits per heavy atom. The van der Waals surface area contributed by atoms with Crippen molar-refractivity contribution < 1.29 is 19.5 Å². The summed E-state index contributed by atoms with van der Waals surface area (Å²) in [6, 6.07) is 8.48. The largest absolute Gasteiger partial charge is 0.481 e. The standard InChI is InChI=1S/C20H28N2O4/c1-3-17(23)22-13-9-8-12-16(22)18(24)21-14-20(4-2,19(25)26)15-10-6-5-7-11-15/h5-7,10-11,16H,3-4,8-9,12-14H2,1-2H3,(H,21,24)(H,25,26). The molecule has 2 unspecified atom stereocenters. The van der Waals surface area contributed by atoms with E-state index in [1.807, 2.05) is 6.07 Å². The fourth-order valence-corrected chi connectivity index (χ4v) is 3.60. The van der Waals surface area contributed by atoms with Crippen LogP contribution in [0.15, 0.2) is 30.3 Å². The highest BCUT2D eigenvalue weighted by molar-refractivity contribution is 5.89. The van der Waals surface area contributed by atoms with Crippen molar-refractivity contribution >= 4 is 17.8 Å². The molecule has 0 radical (unpaired) electrons. The van der Waals surface area contributed by atoms with Gasteiger partial charge in [0.2, 0.25) is 11.8 Å². The molecule has 1 aliphatic rings. The first kappa shape index (κ1) is 19.9. The van der Waals surface area contributed by atoms with E-state index < -0.39 is 17.4 Å². The van der Waals surface area contributed by atoms with Crippen LogP contribution in [0.25, 0.3) is 0 Å². The molecule has 2 amide bonds. The van der Waals surface area contributed by atoms with Crippen LogP contribution in [-0.2, 0) is 19.8 Å². The fourth-order valence-electron chi connectivity index (χ4n) is 3.60. The molecule has 1 heterocycles. The van der Waals surface area contributed by atoms with Crippen molar-refractivity contribution in [1.29, 1.82) is 0 Å². The van der Waals surface area contributed by atoms with Crippen molar-refractivity contribution in [3.8, 4) is 0 Å². The molecule has 2 rings (SSSR count). The lowest BCUT2D eigenvalue weighted by atomic mass is 9.78. The molecule has 0 bridgehead atoms. The normalized spacial score (nSPS) is 19.5. The maximum Gasteiger partial charge on any atom is 0.315 e. The van der Waals surface area contributed by atoms with E-state index in [9.17, 15) is 19.5 Å². The van der Waals surface area contributed by atoms with Gasteiger partial charge in [0.25, 0.3) is 0 Å². The monoisotopic (exact) mass is 360 g/mol. The Bertz CT molecular complexity index is 646.